The van der Waals surface area contributed by atoms with Crippen molar-refractivity contribution in [1.29, 1.82) is 5.41 Å². The summed E-state index contributed by atoms with van der Waals surface area (Å²) < 4.78 is 41.3. The summed E-state index contributed by atoms with van der Waals surface area (Å²) in [7, 11) is 0. The number of nitrogens with two attached hydrogens (primary N) is 1. The number of carbonyl (C=O) groups excluding carboxylic acids is 1. The van der Waals surface area contributed by atoms with Crippen molar-refractivity contribution in [2.75, 3.05) is 17.7 Å². The van der Waals surface area contributed by atoms with Crippen LogP contribution in [-0.4, -0.2) is 33.9 Å². The Morgan fingerprint density at radius 2 is 1.87 bits per heavy atom. The van der Waals surface area contributed by atoms with Crippen molar-refractivity contribution < 1.29 is 22.8 Å². The Morgan fingerprint density at radius 1 is 1.18 bits per heavy atom. The van der Waals surface area contributed by atoms with E-state index in [0.29, 0.717) is 12.2 Å². The molecule has 0 radical (unpaired) electrons. The predicted molar refractivity (Wildman–Crippen MR) is 142 cm³/mol. The number of nitrogens with zero attached hydrogens (tertiary/aromatic N) is 2. The second-order valence-corrected chi connectivity index (χ2v) is 8.91. The minimum atomic E-state index is -4.66. The van der Waals surface area contributed by atoms with E-state index in [0.717, 1.165) is 22.3 Å². The SMILES string of the molecule is CCONC(=N)c1ccc(CNC(=O)Cn2c(-c3cc(N)cc(C(F)(F)F)c3)cnc(NC(C)C)c2=O)cc1. The zero-order valence-corrected chi connectivity index (χ0v) is 21.6. The lowest BCUT2D eigenvalue weighted by atomic mass is 10.1. The highest BCUT2D eigenvalue weighted by atomic mass is 19.4. The molecule has 0 saturated carbocycles. The molecule has 0 fully saturated rings. The molecule has 39 heavy (non-hydrogen) atoms. The monoisotopic (exact) mass is 545 g/mol. The van der Waals surface area contributed by atoms with E-state index in [-0.39, 0.29) is 41.2 Å². The Hall–Kier alpha value is -4.39. The number of benzene rings is 2. The predicted octanol–water partition coefficient (Wildman–Crippen LogP) is 3.51. The van der Waals surface area contributed by atoms with Crippen molar-refractivity contribution in [2.24, 2.45) is 0 Å². The summed E-state index contributed by atoms with van der Waals surface area (Å²) in [5.41, 5.74) is 7.72. The molecule has 0 unspecified atom stereocenters. The van der Waals surface area contributed by atoms with Crippen LogP contribution in [0, 0.1) is 5.41 Å². The van der Waals surface area contributed by atoms with Gasteiger partial charge in [-0.25, -0.2) is 10.5 Å². The van der Waals surface area contributed by atoms with Crippen LogP contribution in [0.5, 0.6) is 0 Å². The van der Waals surface area contributed by atoms with Crippen LogP contribution in [0.4, 0.5) is 24.7 Å². The molecule has 1 heterocycles. The first-order valence-corrected chi connectivity index (χ1v) is 12.1. The zero-order chi connectivity index (χ0) is 28.7. The van der Waals surface area contributed by atoms with Crippen molar-refractivity contribution in [1.82, 2.24) is 20.3 Å². The highest BCUT2D eigenvalue weighted by molar-refractivity contribution is 5.95. The summed E-state index contributed by atoms with van der Waals surface area (Å²) in [5, 5.41) is 13.5. The van der Waals surface area contributed by atoms with Crippen molar-refractivity contribution in [2.45, 2.75) is 46.1 Å². The number of halogens is 3. The van der Waals surface area contributed by atoms with Crippen LogP contribution in [0.15, 0.2) is 53.5 Å². The van der Waals surface area contributed by atoms with E-state index in [4.69, 9.17) is 16.0 Å². The molecule has 3 rings (SSSR count). The second-order valence-electron chi connectivity index (χ2n) is 8.91. The fourth-order valence-corrected chi connectivity index (χ4v) is 3.60. The third-order valence-electron chi connectivity index (χ3n) is 5.41. The summed E-state index contributed by atoms with van der Waals surface area (Å²) >= 11 is 0. The van der Waals surface area contributed by atoms with Gasteiger partial charge < -0.3 is 16.4 Å². The van der Waals surface area contributed by atoms with Crippen LogP contribution in [0.3, 0.4) is 0 Å². The first-order chi connectivity index (χ1) is 18.4. The fraction of sp³-hybridized carbons (Fsp3) is 0.308. The van der Waals surface area contributed by atoms with E-state index in [9.17, 15) is 22.8 Å². The van der Waals surface area contributed by atoms with Gasteiger partial charge in [0.1, 0.15) is 12.4 Å². The molecule has 0 aliphatic rings. The molecule has 10 nitrogen and oxygen atoms in total. The van der Waals surface area contributed by atoms with Crippen LogP contribution in [0.25, 0.3) is 11.3 Å². The molecule has 2 aromatic carbocycles. The number of hydroxylamine groups is 1. The van der Waals surface area contributed by atoms with Crippen LogP contribution in [0.1, 0.15) is 37.5 Å². The maximum Gasteiger partial charge on any atom is 0.416 e. The van der Waals surface area contributed by atoms with E-state index in [1.165, 1.54) is 12.3 Å². The number of amidine groups is 1. The average Bonchev–Trinajstić information content (AvgIpc) is 2.87. The summed E-state index contributed by atoms with van der Waals surface area (Å²) in [6.07, 6.45) is -3.43. The third kappa shape index (κ3) is 7.80. The van der Waals surface area contributed by atoms with Crippen molar-refractivity contribution in [3.8, 4) is 11.3 Å². The van der Waals surface area contributed by atoms with Gasteiger partial charge in [0.2, 0.25) is 5.91 Å². The largest absolute Gasteiger partial charge is 0.416 e. The third-order valence-corrected chi connectivity index (χ3v) is 5.41. The second kappa shape index (κ2) is 12.4. The number of nitrogen functional groups attached to an aromatic ring is 1. The Labute approximate surface area is 222 Å². The van der Waals surface area contributed by atoms with Gasteiger partial charge in [-0.1, -0.05) is 24.3 Å². The highest BCUT2D eigenvalue weighted by Gasteiger charge is 2.31. The van der Waals surface area contributed by atoms with E-state index in [1.54, 1.807) is 45.0 Å². The lowest BCUT2D eigenvalue weighted by Crippen LogP contribution is -2.35. The molecule has 13 heteroatoms. The molecule has 0 spiro atoms. The summed E-state index contributed by atoms with van der Waals surface area (Å²) in [6, 6.07) is 9.59. The number of anilines is 2. The summed E-state index contributed by atoms with van der Waals surface area (Å²) in [6.45, 7) is 5.41. The first-order valence-electron chi connectivity index (χ1n) is 12.1. The molecule has 0 bridgehead atoms. The van der Waals surface area contributed by atoms with Gasteiger partial charge in [-0.15, -0.1) is 0 Å². The summed E-state index contributed by atoms with van der Waals surface area (Å²) in [5.74, 6) is -0.506. The number of hydrogen-bond acceptors (Lipinski definition) is 7. The first kappa shape index (κ1) is 29.2. The van der Waals surface area contributed by atoms with Gasteiger partial charge in [-0.05, 0) is 44.5 Å². The molecule has 1 amide bonds. The fourth-order valence-electron chi connectivity index (χ4n) is 3.60. The van der Waals surface area contributed by atoms with Crippen molar-refractivity contribution in [3.05, 3.63) is 75.7 Å². The van der Waals surface area contributed by atoms with E-state index < -0.39 is 29.8 Å². The Balaban J connectivity index is 1.86. The molecular formula is C26H30F3N7O3. The van der Waals surface area contributed by atoms with Gasteiger partial charge >= 0.3 is 6.18 Å². The lowest BCUT2D eigenvalue weighted by Gasteiger charge is -2.17. The lowest BCUT2D eigenvalue weighted by molar-refractivity contribution is -0.137. The highest BCUT2D eigenvalue weighted by Crippen LogP contribution is 2.34. The normalized spacial score (nSPS) is 11.4. The molecule has 0 aliphatic heterocycles. The molecule has 0 atom stereocenters. The molecule has 0 aliphatic carbocycles. The molecule has 208 valence electrons. The molecule has 3 aromatic rings. The maximum absolute atomic E-state index is 13.4. The molecular weight excluding hydrogens is 515 g/mol. The molecule has 6 N–H and O–H groups in total. The van der Waals surface area contributed by atoms with E-state index in [2.05, 4.69) is 21.1 Å². The average molecular weight is 546 g/mol. The topological polar surface area (TPSA) is 147 Å². The van der Waals surface area contributed by atoms with Crippen LogP contribution in [0.2, 0.25) is 0 Å². The minimum Gasteiger partial charge on any atom is -0.399 e. The van der Waals surface area contributed by atoms with Gasteiger partial charge in [0, 0.05) is 29.4 Å². The summed E-state index contributed by atoms with van der Waals surface area (Å²) in [4.78, 5) is 35.2. The van der Waals surface area contributed by atoms with Gasteiger partial charge in [-0.2, -0.15) is 13.2 Å². The standard InChI is InChI=1S/C26H30F3N7O3/c1-4-39-35-23(31)17-7-5-16(6-8-17)12-32-22(37)14-36-21(13-33-24(25(36)38)34-15(2)3)18-9-19(26(27,28)29)11-20(30)10-18/h5-11,13,15H,4,12,14,30H2,1-3H3,(H2,31,35)(H,32,37)(H,33,34). The number of nitrogens with one attached hydrogen (secondary N) is 4. The molecule has 0 saturated heterocycles. The van der Waals surface area contributed by atoms with Crippen LogP contribution in [-0.2, 0) is 28.9 Å². The zero-order valence-electron chi connectivity index (χ0n) is 21.6. The Morgan fingerprint density at radius 3 is 2.49 bits per heavy atom. The van der Waals surface area contributed by atoms with Gasteiger partial charge in [0.25, 0.3) is 5.56 Å². The maximum atomic E-state index is 13.4. The van der Waals surface area contributed by atoms with Gasteiger partial charge in [0.15, 0.2) is 5.82 Å². The van der Waals surface area contributed by atoms with Crippen LogP contribution >= 0.6 is 0 Å². The Kier molecular flexibility index (Phi) is 9.30. The quantitative estimate of drug-likeness (QED) is 0.113. The van der Waals surface area contributed by atoms with E-state index >= 15 is 0 Å². The minimum absolute atomic E-state index is 0.00507. The number of alkyl halides is 3. The molecule has 1 aromatic heterocycles. The Bertz CT molecular complexity index is 1390. The number of aromatic nitrogens is 2. The number of carbonyl (C=O) groups is 1. The van der Waals surface area contributed by atoms with Crippen molar-refractivity contribution >= 4 is 23.2 Å². The number of amides is 1. The van der Waals surface area contributed by atoms with Crippen molar-refractivity contribution in [3.63, 3.8) is 0 Å². The van der Waals surface area contributed by atoms with Gasteiger partial charge in [-0.3, -0.25) is 24.4 Å². The number of rotatable bonds is 10. The number of hydrogen-bond donors (Lipinski definition) is 5. The van der Waals surface area contributed by atoms with Crippen LogP contribution < -0.4 is 27.4 Å². The smallest absolute Gasteiger partial charge is 0.399 e. The van der Waals surface area contributed by atoms with E-state index in [1.807, 2.05) is 0 Å². The van der Waals surface area contributed by atoms with Gasteiger partial charge in [0.05, 0.1) is 24.1 Å².